The molecule has 3 aliphatic carbocycles. The first-order valence-electron chi connectivity index (χ1n) is 18.1. The zero-order chi connectivity index (χ0) is 33.0. The van der Waals surface area contributed by atoms with E-state index in [0.29, 0.717) is 29.6 Å². The normalized spacial score (nSPS) is 21.7. The molecule has 0 saturated carbocycles. The lowest BCUT2D eigenvalue weighted by Crippen LogP contribution is -2.20. The van der Waals surface area contributed by atoms with Crippen LogP contribution in [0.25, 0.3) is 5.57 Å². The van der Waals surface area contributed by atoms with Gasteiger partial charge in [-0.1, -0.05) is 124 Å². The van der Waals surface area contributed by atoms with E-state index in [-0.39, 0.29) is 0 Å². The van der Waals surface area contributed by atoms with E-state index < -0.39 is 0 Å². The van der Waals surface area contributed by atoms with Crippen molar-refractivity contribution in [2.45, 2.75) is 124 Å². The molecule has 0 aliphatic heterocycles. The molecule has 0 fully saturated rings. The summed E-state index contributed by atoms with van der Waals surface area (Å²) >= 11 is 0. The molecular formula is C46H58. The second-order valence-electron chi connectivity index (χ2n) is 15.1. The maximum atomic E-state index is 4.60. The fourth-order valence-corrected chi connectivity index (χ4v) is 8.81. The molecule has 3 aliphatic rings. The van der Waals surface area contributed by atoms with E-state index in [1.807, 2.05) is 0 Å². The fourth-order valence-electron chi connectivity index (χ4n) is 8.81. The van der Waals surface area contributed by atoms with Crippen molar-refractivity contribution in [3.05, 3.63) is 141 Å². The summed E-state index contributed by atoms with van der Waals surface area (Å²) in [5.74, 6) is 2.52. The Hall–Kier alpha value is -3.34. The number of fused-ring (bicyclic) bond motifs is 1. The van der Waals surface area contributed by atoms with E-state index in [9.17, 15) is 0 Å². The smallest absolute Gasteiger partial charge is 0.0107 e. The van der Waals surface area contributed by atoms with Crippen LogP contribution in [0.4, 0.5) is 0 Å². The molecule has 0 aromatic heterocycles. The molecule has 0 amide bonds. The third-order valence-corrected chi connectivity index (χ3v) is 11.2. The van der Waals surface area contributed by atoms with E-state index in [4.69, 9.17) is 0 Å². The Morgan fingerprint density at radius 3 is 2.33 bits per heavy atom. The Balaban J connectivity index is 1.68. The minimum absolute atomic E-state index is 0.322. The van der Waals surface area contributed by atoms with Crippen LogP contribution in [0.2, 0.25) is 0 Å². The zero-order valence-electron chi connectivity index (χ0n) is 29.9. The van der Waals surface area contributed by atoms with Crippen LogP contribution >= 0.6 is 0 Å². The molecule has 5 rings (SSSR count). The van der Waals surface area contributed by atoms with Gasteiger partial charge in [0.2, 0.25) is 0 Å². The van der Waals surface area contributed by atoms with Crippen LogP contribution in [0.3, 0.4) is 0 Å². The summed E-state index contributed by atoms with van der Waals surface area (Å²) < 4.78 is 0. The van der Waals surface area contributed by atoms with Gasteiger partial charge in [0.1, 0.15) is 0 Å². The molecule has 46 heavy (non-hydrogen) atoms. The molecule has 2 aromatic carbocycles. The fraction of sp³-hybridized carbons (Fsp3) is 0.457. The molecule has 0 heterocycles. The number of rotatable bonds is 8. The highest BCUT2D eigenvalue weighted by Gasteiger charge is 2.34. The minimum Gasteiger partial charge on any atom is -0.125 e. The number of hydrogen-bond acceptors (Lipinski definition) is 0. The molecule has 2 unspecified atom stereocenters. The first-order chi connectivity index (χ1) is 22.1. The monoisotopic (exact) mass is 610 g/mol. The van der Waals surface area contributed by atoms with Gasteiger partial charge in [-0.2, -0.15) is 0 Å². The molecule has 0 radical (unpaired) electrons. The third kappa shape index (κ3) is 7.45. The maximum Gasteiger partial charge on any atom is 0.0107 e. The van der Waals surface area contributed by atoms with Gasteiger partial charge in [-0.15, -0.1) is 5.73 Å². The highest BCUT2D eigenvalue weighted by atomic mass is 14.4. The summed E-state index contributed by atoms with van der Waals surface area (Å²) in [5, 5.41) is 0. The van der Waals surface area contributed by atoms with Crippen molar-refractivity contribution in [2.75, 3.05) is 0 Å². The summed E-state index contributed by atoms with van der Waals surface area (Å²) in [5.41, 5.74) is 21.1. The van der Waals surface area contributed by atoms with Gasteiger partial charge in [0.05, 0.1) is 0 Å². The van der Waals surface area contributed by atoms with Crippen molar-refractivity contribution in [2.24, 2.45) is 11.8 Å². The third-order valence-electron chi connectivity index (χ3n) is 11.2. The first kappa shape index (κ1) is 34.0. The predicted molar refractivity (Wildman–Crippen MR) is 201 cm³/mol. The van der Waals surface area contributed by atoms with Gasteiger partial charge < -0.3 is 0 Å². The summed E-state index contributed by atoms with van der Waals surface area (Å²) in [6, 6.07) is 16.8. The van der Waals surface area contributed by atoms with Gasteiger partial charge in [-0.3, -0.25) is 0 Å². The topological polar surface area (TPSA) is 0 Å². The van der Waals surface area contributed by atoms with Gasteiger partial charge in [0.25, 0.3) is 0 Å². The number of hydrogen-bond donors (Lipinski definition) is 0. The molecule has 242 valence electrons. The summed E-state index contributed by atoms with van der Waals surface area (Å²) in [6.07, 6.45) is 17.0. The Morgan fingerprint density at radius 2 is 1.67 bits per heavy atom. The molecule has 0 N–H and O–H groups in total. The highest BCUT2D eigenvalue weighted by Crippen LogP contribution is 2.51. The van der Waals surface area contributed by atoms with Gasteiger partial charge in [0, 0.05) is 5.92 Å². The SMILES string of the molecule is C=C=C1CC(c2ccc(C)cc2)CC(CCC2=C(C)CCC=C2)=C1C1CCC(=C)C/C(=C/C)c2cc(C(C(C)C)C(C)C)ccc21. The van der Waals surface area contributed by atoms with Crippen molar-refractivity contribution in [3.63, 3.8) is 0 Å². The van der Waals surface area contributed by atoms with Crippen LogP contribution in [0, 0.1) is 18.8 Å². The minimum atomic E-state index is 0.322. The average molecular weight is 611 g/mol. The Morgan fingerprint density at radius 1 is 0.935 bits per heavy atom. The lowest BCUT2D eigenvalue weighted by Gasteiger charge is -2.36. The van der Waals surface area contributed by atoms with Gasteiger partial charge in [-0.05, 0) is 147 Å². The zero-order valence-corrected chi connectivity index (χ0v) is 29.9. The van der Waals surface area contributed by atoms with Crippen molar-refractivity contribution in [3.8, 4) is 0 Å². The number of allylic oxidation sites excluding steroid dienone is 10. The second-order valence-corrected chi connectivity index (χ2v) is 15.1. The van der Waals surface area contributed by atoms with Crippen molar-refractivity contribution >= 4 is 5.57 Å². The molecule has 0 heteroatoms. The Bertz CT molecular complexity index is 1590. The van der Waals surface area contributed by atoms with Crippen molar-refractivity contribution in [1.82, 2.24) is 0 Å². The van der Waals surface area contributed by atoms with Crippen LogP contribution in [0.1, 0.15) is 145 Å². The quantitative estimate of drug-likeness (QED) is 0.206. The number of benzene rings is 2. The molecule has 0 saturated heterocycles. The molecular weight excluding hydrogens is 553 g/mol. The molecule has 2 atom stereocenters. The van der Waals surface area contributed by atoms with Gasteiger partial charge in [-0.25, -0.2) is 0 Å². The van der Waals surface area contributed by atoms with E-state index in [2.05, 4.69) is 128 Å². The molecule has 0 spiro atoms. The average Bonchev–Trinajstić information content (AvgIpc) is 3.03. The summed E-state index contributed by atoms with van der Waals surface area (Å²) in [7, 11) is 0. The van der Waals surface area contributed by atoms with Crippen LogP contribution in [-0.4, -0.2) is 0 Å². The standard InChI is InChI=1S/C46H58/c1-10-35-26-33(8)18-24-43(42-25-23-40(29-44(35)42)45(30(3)4)31(5)6)46-36(11-2)27-41(38-19-16-32(7)17-20-38)28-39(46)22-21-37-15-13-12-14-34(37)9/h10,13,15-17,19-20,23,25,29-31,41,43,45H,2,8,12,14,18,21-22,24,26-28H2,1,3-7,9H3/b35-10-. The largest absolute Gasteiger partial charge is 0.125 e. The van der Waals surface area contributed by atoms with E-state index in [0.717, 1.165) is 44.9 Å². The Kier molecular flexibility index (Phi) is 11.1. The van der Waals surface area contributed by atoms with Crippen molar-refractivity contribution < 1.29 is 0 Å². The Labute approximate surface area is 281 Å². The van der Waals surface area contributed by atoms with Gasteiger partial charge >= 0.3 is 0 Å². The lowest BCUT2D eigenvalue weighted by atomic mass is 9.67. The van der Waals surface area contributed by atoms with Crippen molar-refractivity contribution in [1.29, 1.82) is 0 Å². The highest BCUT2D eigenvalue weighted by molar-refractivity contribution is 5.73. The number of aryl methyl sites for hydroxylation is 1. The van der Waals surface area contributed by atoms with E-state index in [1.165, 1.54) is 57.4 Å². The van der Waals surface area contributed by atoms with E-state index >= 15 is 0 Å². The molecule has 2 aromatic rings. The first-order valence-corrected chi connectivity index (χ1v) is 18.1. The van der Waals surface area contributed by atoms with Crippen LogP contribution in [0.15, 0.2) is 113 Å². The van der Waals surface area contributed by atoms with Gasteiger partial charge in [0.15, 0.2) is 0 Å². The van der Waals surface area contributed by atoms with Crippen LogP contribution in [-0.2, 0) is 0 Å². The predicted octanol–water partition coefficient (Wildman–Crippen LogP) is 13.6. The summed E-state index contributed by atoms with van der Waals surface area (Å²) in [6.45, 7) is 25.2. The van der Waals surface area contributed by atoms with E-state index in [1.54, 1.807) is 22.3 Å². The summed E-state index contributed by atoms with van der Waals surface area (Å²) in [4.78, 5) is 0. The van der Waals surface area contributed by atoms with Crippen LogP contribution in [0.5, 0.6) is 0 Å². The lowest BCUT2D eigenvalue weighted by molar-refractivity contribution is 0.387. The molecule has 0 nitrogen and oxygen atoms in total. The second kappa shape index (κ2) is 15.0. The maximum absolute atomic E-state index is 4.60. The van der Waals surface area contributed by atoms with Crippen LogP contribution < -0.4 is 0 Å². The molecule has 0 bridgehead atoms.